The molecule has 2 aromatic rings. The third-order valence-corrected chi connectivity index (χ3v) is 28.4. The molecule has 2 unspecified atom stereocenters. The van der Waals surface area contributed by atoms with Gasteiger partial charge in [0.2, 0.25) is 29.5 Å². The molecule has 0 saturated carbocycles. The van der Waals surface area contributed by atoms with Gasteiger partial charge >= 0.3 is 171 Å². The first-order valence-electron chi connectivity index (χ1n) is 38.4. The number of fused-ring (bicyclic) bond motifs is 5. The number of hydrogen-bond donors (Lipinski definition) is 8. The quantitative estimate of drug-likeness (QED) is 0.0117. The predicted octanol–water partition coefficient (Wildman–Crippen LogP) is 3.83. The number of rotatable bonds is 47. The van der Waals surface area contributed by atoms with Gasteiger partial charge < -0.3 is 94.2 Å². The average Bonchev–Trinajstić information content (AvgIpc) is 1.59. The Morgan fingerprint density at radius 3 is 2.07 bits per heavy atom. The van der Waals surface area contributed by atoms with E-state index < -0.39 is 133 Å². The van der Waals surface area contributed by atoms with Crippen LogP contribution in [-0.2, 0) is 98.7 Å². The topological polar surface area (TPSA) is 413 Å². The first-order chi connectivity index (χ1) is 55.3. The summed E-state index contributed by atoms with van der Waals surface area (Å²) in [5.74, 6) is -1.67. The third-order valence-electron chi connectivity index (χ3n) is 18.6. The van der Waals surface area contributed by atoms with Crippen LogP contribution in [0.3, 0.4) is 0 Å². The number of amides is 10. The molecule has 2 saturated heterocycles. The Labute approximate surface area is 710 Å². The van der Waals surface area contributed by atoms with Crippen molar-refractivity contribution in [2.24, 2.45) is 23.5 Å². The number of carbonyl (C=O) groups excluding carboxylic acids is 10. The number of urea groups is 1. The Hall–Kier alpha value is -6.09. The van der Waals surface area contributed by atoms with E-state index in [1.165, 1.54) is 52.1 Å². The summed E-state index contributed by atoms with van der Waals surface area (Å²) in [6.07, 6.45) is -0.293. The van der Waals surface area contributed by atoms with Crippen LogP contribution in [0.15, 0.2) is 60.2 Å². The molecule has 3 aliphatic heterocycles. The van der Waals surface area contributed by atoms with E-state index in [4.69, 9.17) is 74.2 Å². The van der Waals surface area contributed by atoms with Crippen LogP contribution in [0.25, 0.3) is 0 Å². The Kier molecular flexibility index (Phi) is 49.1. The number of esters is 1. The molecule has 38 heteroatoms. The van der Waals surface area contributed by atoms with Gasteiger partial charge in [0, 0.05) is 79.3 Å². The van der Waals surface area contributed by atoms with E-state index in [2.05, 4.69) is 46.7 Å². The number of methoxy groups -OCH3 is 3. The maximum absolute atomic E-state index is 14.3. The molecule has 0 radical (unpaired) electrons. The number of nitrogens with two attached hydrogens (primary N) is 1. The molecule has 33 nitrogen and oxygen atoms in total. The number of primary amides is 1. The number of epoxide rings is 1. The normalized spacial score (nSPS) is 20.6. The van der Waals surface area contributed by atoms with Crippen molar-refractivity contribution in [2.75, 3.05) is 171 Å². The standard InChI is InChI=1S/C58H82ClN9O16.C20H42I2NO7S2/c1-12-15-45(69)64-49(32(2)3)53(73)63-39(17-14-24-61-55(60)75)52(72)62-38-21-19-36(20-22-38)31-81-57(77)66(7)25-23-46(70)67(8)35(6)54(74)82-42-29-47(71)68(9)40-27-37(28-41(79-10)48(40)59)26-33(4)16-13-18-44(80-11)58(78)30-43(83-56(76)65-58)34(5)50-51(42)84-50;1-21-31-17-19(18-32-22(2)3)20(24)23-5-6-26-9-10-28-13-14-30-16-15-29-12-11-27-8-7-25-4/h13,16,18-22,27-28,32,34-35,39,42-44,49-51,78H,12,14-15,17,23-26,29-31H2,1-11H3,(H,62,72)(H,63,73)(H,64,69)(H,65,76)(H3,60,61,75);19H,5-18H2,1-4H3,(H,23,24)/q;-1/b18-13+,33-16+;/t34-,35+,39+,42?,43+,44-,49+,50+,51+,58+;/m1./s1. The van der Waals surface area contributed by atoms with E-state index in [1.54, 1.807) is 76.4 Å². The summed E-state index contributed by atoms with van der Waals surface area (Å²) in [4.78, 5) is 141. The Balaban J connectivity index is 0.000000742. The monoisotopic (exact) mass is 1920 g/mol. The molecule has 4 bridgehead atoms. The number of likely N-dealkylation sites (N-methyl/N-ethyl adjacent to an activating group) is 1. The molecule has 0 aliphatic carbocycles. The summed E-state index contributed by atoms with van der Waals surface area (Å²) in [6, 6.07) is 6.03. The van der Waals surface area contributed by atoms with Gasteiger partial charge in [-0.25, -0.2) is 19.2 Å². The first kappa shape index (κ1) is 102. The molecule has 3 heterocycles. The zero-order valence-electron chi connectivity index (χ0n) is 69.5. The van der Waals surface area contributed by atoms with Gasteiger partial charge in [-0.1, -0.05) is 75.2 Å². The summed E-state index contributed by atoms with van der Waals surface area (Å²) < 4.78 is 66.6. The fourth-order valence-corrected chi connectivity index (χ4v) is 19.2. The number of nitrogens with zero attached hydrogens (tertiary/aromatic N) is 3. The van der Waals surface area contributed by atoms with Crippen LogP contribution in [0.4, 0.5) is 25.8 Å². The van der Waals surface area contributed by atoms with E-state index >= 15 is 0 Å². The molecular formula is C78H124ClI2N10O23S2-. The van der Waals surface area contributed by atoms with E-state index in [0.717, 1.165) is 27.5 Å². The summed E-state index contributed by atoms with van der Waals surface area (Å²) in [7, 11) is 12.8. The molecule has 3 aliphatic rings. The van der Waals surface area contributed by atoms with Crippen LogP contribution >= 0.6 is 47.9 Å². The molecule has 2 aromatic carbocycles. The van der Waals surface area contributed by atoms with Crippen LogP contribution in [0.1, 0.15) is 97.6 Å². The van der Waals surface area contributed by atoms with Crippen molar-refractivity contribution >= 4 is 119 Å². The number of carbonyl (C=O) groups is 10. The third kappa shape index (κ3) is 37.7. The molecule has 0 aromatic heterocycles. The Morgan fingerprint density at radius 2 is 1.48 bits per heavy atom. The van der Waals surface area contributed by atoms with Crippen molar-refractivity contribution in [3.63, 3.8) is 0 Å². The number of aliphatic hydroxyl groups is 1. The second kappa shape index (κ2) is 55.7. The number of allylic oxidation sites excluding steroid dienone is 3. The number of hydrogen-bond acceptors (Lipinski definition) is 25. The van der Waals surface area contributed by atoms with Gasteiger partial charge in [-0.2, -0.15) is 0 Å². The van der Waals surface area contributed by atoms with Crippen molar-refractivity contribution in [1.82, 2.24) is 36.4 Å². The molecular weight excluding hydrogens is 1800 g/mol. The molecule has 11 atom stereocenters. The average molecular weight is 1920 g/mol. The summed E-state index contributed by atoms with van der Waals surface area (Å²) in [6.45, 7) is 16.9. The van der Waals surface area contributed by atoms with Crippen molar-refractivity contribution in [1.29, 1.82) is 0 Å². The SMILES string of the molecule is CCCC(=O)N[C@H](C(=O)N[C@@H](CCCNC(N)=O)C(=O)Nc1ccc(COC(=O)N(C)CCC(=O)N(C)[C@@H](C)C(=O)OC2CC(=O)N(C)c3cc(cc(OC)c3Cl)C/C(C)=C/C=C/[C@@H](OC)[C@@]3(O)C[C@H](OC(=O)N3)[C@@H](C)[C@@H]3O[C@@H]23)cc1)C(C)C.COCCOCCOCCOCCOCCOCCNC(=O)C(CS[I-]C)CSI(C)C. The number of alkyl halides is 3. The molecule has 10 amide bonds. The molecule has 5 rings (SSSR count). The number of nitrogens with one attached hydrogen (secondary N) is 6. The molecule has 116 heavy (non-hydrogen) atoms. The molecule has 9 N–H and O–H groups in total. The zero-order valence-corrected chi connectivity index (χ0v) is 76.2. The summed E-state index contributed by atoms with van der Waals surface area (Å²) in [5.41, 5.74) is 6.18. The van der Waals surface area contributed by atoms with E-state index in [9.17, 15) is 53.1 Å². The summed E-state index contributed by atoms with van der Waals surface area (Å²) in [5, 5.41) is 28.2. The van der Waals surface area contributed by atoms with E-state index in [1.807, 2.05) is 37.8 Å². The van der Waals surface area contributed by atoms with Gasteiger partial charge in [-0.05, 0) is 80.8 Å². The van der Waals surface area contributed by atoms with Gasteiger partial charge in [-0.3, -0.25) is 29.3 Å². The second-order valence-electron chi connectivity index (χ2n) is 28.2. The van der Waals surface area contributed by atoms with Gasteiger partial charge in [0.15, 0.2) is 5.72 Å². The van der Waals surface area contributed by atoms with Gasteiger partial charge in [-0.15, -0.1) is 0 Å². The van der Waals surface area contributed by atoms with Gasteiger partial charge in [0.1, 0.15) is 59.9 Å². The van der Waals surface area contributed by atoms with Crippen LogP contribution in [0, 0.1) is 17.8 Å². The first-order valence-corrected chi connectivity index (χ1v) is 52.4. The number of ether oxygens (including phenoxy) is 12. The maximum atomic E-state index is 14.3. The fourth-order valence-electron chi connectivity index (χ4n) is 11.7. The van der Waals surface area contributed by atoms with Crippen molar-refractivity contribution < 1.29 is 130 Å². The van der Waals surface area contributed by atoms with E-state index in [-0.39, 0.29) is 93.9 Å². The minimum atomic E-state index is -1.89. The van der Waals surface area contributed by atoms with Crippen LogP contribution in [-0.4, -0.2) is 290 Å². The van der Waals surface area contributed by atoms with Crippen molar-refractivity contribution in [3.8, 4) is 5.75 Å². The van der Waals surface area contributed by atoms with Gasteiger partial charge in [0.25, 0.3) is 0 Å². The molecule has 2 fully saturated rings. The van der Waals surface area contributed by atoms with Crippen molar-refractivity contribution in [2.45, 2.75) is 154 Å². The number of benzene rings is 2. The number of halogens is 3. The van der Waals surface area contributed by atoms with Crippen LogP contribution in [0.2, 0.25) is 5.02 Å². The Morgan fingerprint density at radius 1 is 0.845 bits per heavy atom. The summed E-state index contributed by atoms with van der Waals surface area (Å²) >= 11 is 6.11. The second-order valence-corrected chi connectivity index (χ2v) is 44.4. The fraction of sp³-hybridized carbons (Fsp3) is 0.667. The van der Waals surface area contributed by atoms with Crippen LogP contribution in [0.5, 0.6) is 5.75 Å². The van der Waals surface area contributed by atoms with Gasteiger partial charge in [0.05, 0.1) is 71.6 Å². The minimum absolute atomic E-state index is 0.102. The molecule has 0 spiro atoms. The van der Waals surface area contributed by atoms with Crippen LogP contribution < -0.4 is 67.1 Å². The predicted molar refractivity (Wildman–Crippen MR) is 448 cm³/mol. The number of anilines is 2. The number of alkyl carbamates (subject to hydrolysis) is 1. The zero-order chi connectivity index (χ0) is 85.9. The van der Waals surface area contributed by atoms with Crippen molar-refractivity contribution in [3.05, 3.63) is 76.3 Å². The Bertz CT molecular complexity index is 3470. The van der Waals surface area contributed by atoms with E-state index in [0.29, 0.717) is 121 Å². The molecule has 658 valence electrons.